The van der Waals surface area contributed by atoms with Gasteiger partial charge in [-0.2, -0.15) is 0 Å². The second-order valence-electron chi connectivity index (χ2n) is 7.88. The summed E-state index contributed by atoms with van der Waals surface area (Å²) < 4.78 is 0. The largest absolute Gasteiger partial charge is 0.324 e. The topological polar surface area (TPSA) is 66.5 Å². The fourth-order valence-electron chi connectivity index (χ4n) is 3.33. The van der Waals surface area contributed by atoms with Gasteiger partial charge in [-0.25, -0.2) is 4.90 Å². The summed E-state index contributed by atoms with van der Waals surface area (Å²) in [5, 5.41) is 4.38. The van der Waals surface area contributed by atoms with Crippen molar-refractivity contribution in [1.82, 2.24) is 0 Å². The van der Waals surface area contributed by atoms with Crippen LogP contribution in [0.15, 0.2) is 60.7 Å². The molecule has 0 saturated carbocycles. The highest BCUT2D eigenvalue weighted by Crippen LogP contribution is 2.36. The Morgan fingerprint density at radius 2 is 1.39 bits per heavy atom. The number of nitrogens with zero attached hydrogens (tertiary/aromatic N) is 1. The van der Waals surface area contributed by atoms with E-state index in [2.05, 4.69) is 5.32 Å². The molecule has 0 unspecified atom stereocenters. The Kier molecular flexibility index (Phi) is 4.03. The number of benzene rings is 3. The molecule has 5 heteroatoms. The number of hydrogen-bond acceptors (Lipinski definition) is 3. The van der Waals surface area contributed by atoms with Gasteiger partial charge in [0.25, 0.3) is 11.8 Å². The minimum atomic E-state index is -0.610. The molecule has 0 spiro atoms. The smallest absolute Gasteiger partial charge is 0.266 e. The fraction of sp³-hybridized carbons (Fsp3) is 0.174. The molecule has 5 nitrogen and oxygen atoms in total. The van der Waals surface area contributed by atoms with Crippen LogP contribution in [0.3, 0.4) is 0 Å². The maximum Gasteiger partial charge on any atom is 0.266 e. The zero-order valence-electron chi connectivity index (χ0n) is 15.9. The molecule has 1 aliphatic heterocycles. The van der Waals surface area contributed by atoms with E-state index in [1.807, 2.05) is 12.1 Å². The quantitative estimate of drug-likeness (QED) is 0.667. The SMILES string of the molecule is CC(C)(C)C(=O)Nc1ccccc1N1C(=O)c2cccc3cccc(c23)C1=O. The van der Waals surface area contributed by atoms with Crippen LogP contribution in [0.2, 0.25) is 0 Å². The second-order valence-corrected chi connectivity index (χ2v) is 7.88. The molecule has 0 aliphatic carbocycles. The Balaban J connectivity index is 1.85. The first-order valence-corrected chi connectivity index (χ1v) is 9.10. The summed E-state index contributed by atoms with van der Waals surface area (Å²) in [6.45, 7) is 5.41. The van der Waals surface area contributed by atoms with Crippen molar-refractivity contribution in [1.29, 1.82) is 0 Å². The number of nitrogens with one attached hydrogen (secondary N) is 1. The van der Waals surface area contributed by atoms with E-state index < -0.39 is 17.2 Å². The molecule has 1 heterocycles. The lowest BCUT2D eigenvalue weighted by atomic mass is 9.93. The van der Waals surface area contributed by atoms with E-state index in [9.17, 15) is 14.4 Å². The van der Waals surface area contributed by atoms with Gasteiger partial charge < -0.3 is 5.32 Å². The third-order valence-electron chi connectivity index (χ3n) is 4.85. The van der Waals surface area contributed by atoms with Gasteiger partial charge in [-0.1, -0.05) is 57.2 Å². The highest BCUT2D eigenvalue weighted by Gasteiger charge is 2.35. The molecular formula is C23H20N2O3. The van der Waals surface area contributed by atoms with E-state index in [1.165, 1.54) is 0 Å². The van der Waals surface area contributed by atoms with Crippen LogP contribution in [0.1, 0.15) is 41.5 Å². The highest BCUT2D eigenvalue weighted by atomic mass is 16.2. The number of hydrogen-bond donors (Lipinski definition) is 1. The molecule has 0 fully saturated rings. The lowest BCUT2D eigenvalue weighted by Gasteiger charge is -2.29. The first-order valence-electron chi connectivity index (χ1n) is 9.10. The van der Waals surface area contributed by atoms with Crippen molar-refractivity contribution in [3.63, 3.8) is 0 Å². The fourth-order valence-corrected chi connectivity index (χ4v) is 3.33. The summed E-state index contributed by atoms with van der Waals surface area (Å²) in [5.41, 5.74) is 1.13. The minimum Gasteiger partial charge on any atom is -0.324 e. The molecule has 0 saturated heterocycles. The normalized spacial score (nSPS) is 13.8. The Morgan fingerprint density at radius 3 is 1.96 bits per heavy atom. The van der Waals surface area contributed by atoms with Crippen LogP contribution in [0, 0.1) is 5.41 Å². The summed E-state index contributed by atoms with van der Waals surface area (Å²) >= 11 is 0. The van der Waals surface area contributed by atoms with Crippen molar-refractivity contribution in [2.75, 3.05) is 10.2 Å². The van der Waals surface area contributed by atoms with E-state index in [4.69, 9.17) is 0 Å². The monoisotopic (exact) mass is 372 g/mol. The molecule has 3 amide bonds. The van der Waals surface area contributed by atoms with Crippen LogP contribution >= 0.6 is 0 Å². The molecular weight excluding hydrogens is 352 g/mol. The first-order chi connectivity index (χ1) is 13.3. The molecule has 0 radical (unpaired) electrons. The predicted molar refractivity (Wildman–Crippen MR) is 110 cm³/mol. The van der Waals surface area contributed by atoms with Crippen molar-refractivity contribution in [2.24, 2.45) is 5.41 Å². The lowest BCUT2D eigenvalue weighted by molar-refractivity contribution is -0.123. The number of carbonyl (C=O) groups excluding carboxylic acids is 3. The number of para-hydroxylation sites is 2. The van der Waals surface area contributed by atoms with E-state index in [0.717, 1.165) is 10.3 Å². The van der Waals surface area contributed by atoms with E-state index in [-0.39, 0.29) is 5.91 Å². The van der Waals surface area contributed by atoms with E-state index in [0.29, 0.717) is 27.9 Å². The molecule has 0 atom stereocenters. The zero-order chi connectivity index (χ0) is 20.1. The van der Waals surface area contributed by atoms with Gasteiger partial charge in [-0.15, -0.1) is 0 Å². The maximum atomic E-state index is 13.2. The van der Waals surface area contributed by atoms with Gasteiger partial charge in [0, 0.05) is 21.9 Å². The molecule has 140 valence electrons. The van der Waals surface area contributed by atoms with Crippen molar-refractivity contribution < 1.29 is 14.4 Å². The van der Waals surface area contributed by atoms with Crippen LogP contribution in [0.4, 0.5) is 11.4 Å². The van der Waals surface area contributed by atoms with Crippen LogP contribution in [0.25, 0.3) is 10.8 Å². The second kappa shape index (κ2) is 6.30. The van der Waals surface area contributed by atoms with Crippen molar-refractivity contribution in [3.05, 3.63) is 71.8 Å². The van der Waals surface area contributed by atoms with E-state index in [1.54, 1.807) is 69.3 Å². The minimum absolute atomic E-state index is 0.195. The molecule has 0 aromatic heterocycles. The van der Waals surface area contributed by atoms with Crippen molar-refractivity contribution in [2.45, 2.75) is 20.8 Å². The van der Waals surface area contributed by atoms with E-state index >= 15 is 0 Å². The van der Waals surface area contributed by atoms with Crippen molar-refractivity contribution >= 4 is 39.9 Å². The van der Waals surface area contributed by atoms with Gasteiger partial charge in [0.05, 0.1) is 11.4 Å². The molecule has 3 aromatic rings. The van der Waals surface area contributed by atoms with Gasteiger partial charge in [0.2, 0.25) is 5.91 Å². The number of rotatable bonds is 2. The van der Waals surface area contributed by atoms with Gasteiger partial charge in [-0.05, 0) is 29.7 Å². The molecule has 3 aromatic carbocycles. The summed E-state index contributed by atoms with van der Waals surface area (Å²) in [6, 6.07) is 17.7. The van der Waals surface area contributed by atoms with Crippen LogP contribution in [-0.4, -0.2) is 17.7 Å². The van der Waals surface area contributed by atoms with Crippen LogP contribution in [0.5, 0.6) is 0 Å². The summed E-state index contributed by atoms with van der Waals surface area (Å²) in [6.07, 6.45) is 0. The molecule has 0 bridgehead atoms. The van der Waals surface area contributed by atoms with Gasteiger partial charge in [-0.3, -0.25) is 14.4 Å². The number of carbonyl (C=O) groups is 3. The number of amides is 3. The molecule has 4 rings (SSSR count). The summed E-state index contributed by atoms with van der Waals surface area (Å²) in [7, 11) is 0. The Bertz CT molecular complexity index is 1090. The Hall–Kier alpha value is -3.47. The average molecular weight is 372 g/mol. The third kappa shape index (κ3) is 2.76. The number of anilines is 2. The zero-order valence-corrected chi connectivity index (χ0v) is 15.9. The van der Waals surface area contributed by atoms with Gasteiger partial charge in [0.1, 0.15) is 0 Å². The van der Waals surface area contributed by atoms with Crippen molar-refractivity contribution in [3.8, 4) is 0 Å². The average Bonchev–Trinajstić information content (AvgIpc) is 2.66. The van der Waals surface area contributed by atoms with Gasteiger partial charge >= 0.3 is 0 Å². The molecule has 1 aliphatic rings. The Labute approximate surface area is 163 Å². The number of imide groups is 1. The summed E-state index contributed by atoms with van der Waals surface area (Å²) in [5.74, 6) is -0.988. The van der Waals surface area contributed by atoms with Crippen LogP contribution < -0.4 is 10.2 Å². The highest BCUT2D eigenvalue weighted by molar-refractivity contribution is 6.36. The first kappa shape index (κ1) is 17.9. The third-order valence-corrected chi connectivity index (χ3v) is 4.85. The maximum absolute atomic E-state index is 13.2. The molecule has 28 heavy (non-hydrogen) atoms. The molecule has 1 N–H and O–H groups in total. The predicted octanol–water partition coefficient (Wildman–Crippen LogP) is 4.63. The Morgan fingerprint density at radius 1 is 0.821 bits per heavy atom. The van der Waals surface area contributed by atoms with Crippen LogP contribution in [-0.2, 0) is 4.79 Å². The standard InChI is InChI=1S/C23H20N2O3/c1-23(2,3)22(28)24-17-12-4-5-13-18(17)25-20(26)15-10-6-8-14-9-7-11-16(19(14)15)21(25)27/h4-13H,1-3H3,(H,24,28). The lowest BCUT2D eigenvalue weighted by Crippen LogP contribution is -2.41. The summed E-state index contributed by atoms with van der Waals surface area (Å²) in [4.78, 5) is 40.1. The van der Waals surface area contributed by atoms with Gasteiger partial charge in [0.15, 0.2) is 0 Å².